The average Bonchev–Trinajstić information content (AvgIpc) is 3.06. The third-order valence-corrected chi connectivity index (χ3v) is 4.04. The molecule has 0 atom stereocenters. The van der Waals surface area contributed by atoms with Gasteiger partial charge in [-0.3, -0.25) is 9.48 Å². The van der Waals surface area contributed by atoms with Crippen LogP contribution in [-0.4, -0.2) is 19.7 Å². The molecule has 0 aliphatic carbocycles. The number of rotatable bonds is 4. The molecule has 0 bridgehead atoms. The Bertz CT molecular complexity index is 1130. The number of ether oxygens (including phenoxy) is 1. The summed E-state index contributed by atoms with van der Waals surface area (Å²) in [6.45, 7) is 0.268. The van der Waals surface area contributed by atoms with E-state index in [9.17, 15) is 9.18 Å². The van der Waals surface area contributed by atoms with E-state index in [1.807, 2.05) is 19.3 Å². The SMILES string of the molecule is Cn1ccc(COc2cc3nc[nH]c(=O)c3cc2-c2ccc(F)cc2)n1. The molecule has 1 N–H and O–H groups in total. The fraction of sp³-hybridized carbons (Fsp3) is 0.105. The molecule has 2 heterocycles. The number of hydrogen-bond donors (Lipinski definition) is 1. The van der Waals surface area contributed by atoms with E-state index >= 15 is 0 Å². The Morgan fingerprint density at radius 2 is 2.00 bits per heavy atom. The van der Waals surface area contributed by atoms with Crippen LogP contribution in [0.3, 0.4) is 0 Å². The Kier molecular flexibility index (Phi) is 3.96. The van der Waals surface area contributed by atoms with Crippen molar-refractivity contribution in [2.45, 2.75) is 6.61 Å². The van der Waals surface area contributed by atoms with Crippen LogP contribution in [0.4, 0.5) is 4.39 Å². The molecular weight excluding hydrogens is 335 g/mol. The molecule has 2 aromatic carbocycles. The summed E-state index contributed by atoms with van der Waals surface area (Å²) in [4.78, 5) is 18.9. The minimum absolute atomic E-state index is 0.241. The van der Waals surface area contributed by atoms with E-state index in [0.29, 0.717) is 22.2 Å². The Hall–Kier alpha value is -3.48. The third kappa shape index (κ3) is 3.06. The van der Waals surface area contributed by atoms with Crippen LogP contribution in [0.15, 0.2) is 59.8 Å². The van der Waals surface area contributed by atoms with Crippen LogP contribution in [0, 0.1) is 5.82 Å². The van der Waals surface area contributed by atoms with Crippen LogP contribution in [0.25, 0.3) is 22.0 Å². The quantitative estimate of drug-likeness (QED) is 0.614. The van der Waals surface area contributed by atoms with Crippen molar-refractivity contribution in [2.75, 3.05) is 0 Å². The van der Waals surface area contributed by atoms with Gasteiger partial charge in [-0.1, -0.05) is 12.1 Å². The third-order valence-electron chi connectivity index (χ3n) is 4.04. The van der Waals surface area contributed by atoms with Crippen molar-refractivity contribution in [1.82, 2.24) is 19.7 Å². The topological polar surface area (TPSA) is 72.8 Å². The smallest absolute Gasteiger partial charge is 0.258 e. The summed E-state index contributed by atoms with van der Waals surface area (Å²) >= 11 is 0. The first-order valence-electron chi connectivity index (χ1n) is 7.99. The number of benzene rings is 2. The molecular formula is C19H15FN4O2. The van der Waals surface area contributed by atoms with Crippen molar-refractivity contribution in [3.63, 3.8) is 0 Å². The molecule has 0 saturated heterocycles. The maximum atomic E-state index is 13.3. The molecule has 0 saturated carbocycles. The number of aromatic nitrogens is 4. The number of hydrogen-bond acceptors (Lipinski definition) is 4. The fourth-order valence-electron chi connectivity index (χ4n) is 2.76. The van der Waals surface area contributed by atoms with Crippen molar-refractivity contribution in [3.8, 4) is 16.9 Å². The van der Waals surface area contributed by atoms with Gasteiger partial charge in [-0.25, -0.2) is 9.37 Å². The second-order valence-electron chi connectivity index (χ2n) is 5.87. The van der Waals surface area contributed by atoms with Gasteiger partial charge in [-0.05, 0) is 29.8 Å². The van der Waals surface area contributed by atoms with Gasteiger partial charge in [-0.2, -0.15) is 5.10 Å². The van der Waals surface area contributed by atoms with Crippen molar-refractivity contribution >= 4 is 10.9 Å². The molecule has 0 aliphatic heterocycles. The van der Waals surface area contributed by atoms with E-state index in [1.54, 1.807) is 28.9 Å². The number of nitrogens with one attached hydrogen (secondary N) is 1. The Balaban J connectivity index is 1.81. The van der Waals surface area contributed by atoms with Crippen LogP contribution >= 0.6 is 0 Å². The van der Waals surface area contributed by atoms with Gasteiger partial charge in [0.25, 0.3) is 5.56 Å². The highest BCUT2D eigenvalue weighted by atomic mass is 19.1. The second-order valence-corrected chi connectivity index (χ2v) is 5.87. The predicted octanol–water partition coefficient (Wildman–Crippen LogP) is 3.04. The van der Waals surface area contributed by atoms with Gasteiger partial charge in [0, 0.05) is 24.9 Å². The van der Waals surface area contributed by atoms with Gasteiger partial charge < -0.3 is 9.72 Å². The summed E-state index contributed by atoms with van der Waals surface area (Å²) in [5, 5.41) is 4.73. The predicted molar refractivity (Wildman–Crippen MR) is 95.3 cm³/mol. The highest BCUT2D eigenvalue weighted by Crippen LogP contribution is 2.33. The zero-order chi connectivity index (χ0) is 18.1. The number of fused-ring (bicyclic) bond motifs is 1. The minimum Gasteiger partial charge on any atom is -0.486 e. The Morgan fingerprint density at radius 3 is 2.73 bits per heavy atom. The number of nitrogens with zero attached hydrogens (tertiary/aromatic N) is 3. The molecule has 2 aromatic heterocycles. The van der Waals surface area contributed by atoms with Gasteiger partial charge in [0.2, 0.25) is 0 Å². The van der Waals surface area contributed by atoms with E-state index in [1.165, 1.54) is 18.5 Å². The number of aryl methyl sites for hydroxylation is 1. The van der Waals surface area contributed by atoms with Crippen molar-refractivity contribution in [3.05, 3.63) is 76.9 Å². The molecule has 6 nitrogen and oxygen atoms in total. The lowest BCUT2D eigenvalue weighted by molar-refractivity contribution is 0.301. The number of halogens is 1. The number of H-pyrrole nitrogens is 1. The van der Waals surface area contributed by atoms with E-state index in [-0.39, 0.29) is 18.0 Å². The van der Waals surface area contributed by atoms with E-state index in [4.69, 9.17) is 4.74 Å². The Labute approximate surface area is 147 Å². The van der Waals surface area contributed by atoms with Crippen LogP contribution in [-0.2, 0) is 13.7 Å². The fourth-order valence-corrected chi connectivity index (χ4v) is 2.76. The molecule has 0 aliphatic rings. The standard InChI is InChI=1S/C19H15FN4O2/c1-24-7-6-14(23-24)10-26-18-9-17-16(19(25)22-11-21-17)8-15(18)12-2-4-13(20)5-3-12/h2-9,11H,10H2,1H3,(H,21,22,25). The summed E-state index contributed by atoms with van der Waals surface area (Å²) in [6, 6.07) is 11.3. The first-order valence-corrected chi connectivity index (χ1v) is 7.99. The van der Waals surface area contributed by atoms with Gasteiger partial charge >= 0.3 is 0 Å². The molecule has 130 valence electrons. The molecule has 0 radical (unpaired) electrons. The highest BCUT2D eigenvalue weighted by Gasteiger charge is 2.12. The average molecular weight is 350 g/mol. The molecule has 26 heavy (non-hydrogen) atoms. The van der Waals surface area contributed by atoms with Gasteiger partial charge in [0.05, 0.1) is 22.9 Å². The van der Waals surface area contributed by atoms with E-state index < -0.39 is 0 Å². The van der Waals surface area contributed by atoms with Crippen LogP contribution in [0.5, 0.6) is 5.75 Å². The van der Waals surface area contributed by atoms with Gasteiger partial charge in [0.1, 0.15) is 18.2 Å². The van der Waals surface area contributed by atoms with Crippen LogP contribution in [0.2, 0.25) is 0 Å². The summed E-state index contributed by atoms with van der Waals surface area (Å²) in [5.41, 5.74) is 2.49. The lowest BCUT2D eigenvalue weighted by atomic mass is 10.0. The molecule has 4 aromatic rings. The molecule has 4 rings (SSSR count). The molecule has 0 unspecified atom stereocenters. The van der Waals surface area contributed by atoms with Crippen molar-refractivity contribution in [1.29, 1.82) is 0 Å². The molecule has 7 heteroatoms. The zero-order valence-electron chi connectivity index (χ0n) is 13.9. The summed E-state index contributed by atoms with van der Waals surface area (Å²) in [5.74, 6) is 0.220. The molecule has 0 fully saturated rings. The van der Waals surface area contributed by atoms with Gasteiger partial charge in [0.15, 0.2) is 0 Å². The van der Waals surface area contributed by atoms with E-state index in [0.717, 1.165) is 11.3 Å². The lowest BCUT2D eigenvalue weighted by Gasteiger charge is -2.12. The summed E-state index contributed by atoms with van der Waals surface area (Å²) in [7, 11) is 1.83. The number of aromatic amines is 1. The summed E-state index contributed by atoms with van der Waals surface area (Å²) < 4.78 is 20.9. The van der Waals surface area contributed by atoms with Crippen LogP contribution in [0.1, 0.15) is 5.69 Å². The lowest BCUT2D eigenvalue weighted by Crippen LogP contribution is -2.07. The first kappa shape index (κ1) is 16.0. The Morgan fingerprint density at radius 1 is 1.19 bits per heavy atom. The van der Waals surface area contributed by atoms with Crippen molar-refractivity contribution < 1.29 is 9.13 Å². The first-order chi connectivity index (χ1) is 12.6. The monoisotopic (exact) mass is 350 g/mol. The maximum absolute atomic E-state index is 13.3. The minimum atomic E-state index is -0.329. The molecule has 0 spiro atoms. The zero-order valence-corrected chi connectivity index (χ0v) is 13.9. The van der Waals surface area contributed by atoms with Gasteiger partial charge in [-0.15, -0.1) is 0 Å². The molecule has 0 amide bonds. The second kappa shape index (κ2) is 6.44. The maximum Gasteiger partial charge on any atom is 0.258 e. The summed E-state index contributed by atoms with van der Waals surface area (Å²) in [6.07, 6.45) is 3.19. The normalized spacial score (nSPS) is 11.0. The van der Waals surface area contributed by atoms with Crippen molar-refractivity contribution in [2.24, 2.45) is 7.05 Å². The van der Waals surface area contributed by atoms with E-state index in [2.05, 4.69) is 15.1 Å². The highest BCUT2D eigenvalue weighted by molar-refractivity contribution is 5.87. The van der Waals surface area contributed by atoms with Crippen LogP contribution < -0.4 is 10.3 Å². The largest absolute Gasteiger partial charge is 0.486 e.